The number of benzene rings is 4. The lowest BCUT2D eigenvalue weighted by molar-refractivity contribution is -0.137. The van der Waals surface area contributed by atoms with E-state index in [0.717, 1.165) is 16.8 Å². The van der Waals surface area contributed by atoms with Crippen LogP contribution >= 0.6 is 0 Å². The number of carboxylic acids is 1. The van der Waals surface area contributed by atoms with Crippen LogP contribution in [-0.4, -0.2) is 27.0 Å². The summed E-state index contributed by atoms with van der Waals surface area (Å²) in [5, 5.41) is 13.7. The number of fused-ring (bicyclic) bond motifs is 1. The van der Waals surface area contributed by atoms with Gasteiger partial charge in [-0.2, -0.15) is 22.9 Å². The SMILES string of the molecule is O=C(O)c1cccc(COc2ccc(C=Nn3c(-c4cccc(C(F)(F)F)c4)nc4ccccc4c3=O)cc2)c1. The van der Waals surface area contributed by atoms with Gasteiger partial charge in [-0.15, -0.1) is 0 Å². The summed E-state index contributed by atoms with van der Waals surface area (Å²) >= 11 is 0. The largest absolute Gasteiger partial charge is 0.489 e. The standard InChI is InChI=1S/C30H20F3N3O4/c31-30(32,33)23-8-4-6-21(16-23)27-35-26-10-2-1-9-25(26)28(37)36(27)34-17-19-11-13-24(14-12-19)40-18-20-5-3-7-22(15-20)29(38)39/h1-17H,18H2,(H,38,39). The van der Waals surface area contributed by atoms with Crippen LogP contribution in [0.5, 0.6) is 5.75 Å². The highest BCUT2D eigenvalue weighted by Gasteiger charge is 2.31. The fraction of sp³-hybridized carbons (Fsp3) is 0.0667. The number of aromatic nitrogens is 2. The first kappa shape index (κ1) is 26.4. The number of nitrogens with zero attached hydrogens (tertiary/aromatic N) is 3. The third-order valence-electron chi connectivity index (χ3n) is 5.98. The van der Waals surface area contributed by atoms with Gasteiger partial charge in [-0.1, -0.05) is 36.4 Å². The molecule has 0 aliphatic heterocycles. The molecule has 0 spiro atoms. The Morgan fingerprint density at radius 1 is 0.950 bits per heavy atom. The van der Waals surface area contributed by atoms with E-state index in [4.69, 9.17) is 9.84 Å². The second kappa shape index (κ2) is 10.9. The van der Waals surface area contributed by atoms with Crippen LogP contribution in [0, 0.1) is 0 Å². The quantitative estimate of drug-likeness (QED) is 0.245. The van der Waals surface area contributed by atoms with Gasteiger partial charge >= 0.3 is 12.1 Å². The summed E-state index contributed by atoms with van der Waals surface area (Å²) < 4.78 is 46.8. The number of ether oxygens (including phenoxy) is 1. The van der Waals surface area contributed by atoms with E-state index in [-0.39, 0.29) is 28.9 Å². The molecular weight excluding hydrogens is 523 g/mol. The number of hydrogen-bond acceptors (Lipinski definition) is 5. The average molecular weight is 544 g/mol. The van der Waals surface area contributed by atoms with Crippen LogP contribution in [0.25, 0.3) is 22.3 Å². The van der Waals surface area contributed by atoms with Gasteiger partial charge in [0.05, 0.1) is 28.2 Å². The van der Waals surface area contributed by atoms with Gasteiger partial charge in [-0.25, -0.2) is 9.78 Å². The maximum atomic E-state index is 13.4. The molecule has 0 saturated heterocycles. The molecule has 4 aromatic carbocycles. The normalized spacial score (nSPS) is 11.7. The summed E-state index contributed by atoms with van der Waals surface area (Å²) in [7, 11) is 0. The molecule has 5 rings (SSSR count). The molecule has 40 heavy (non-hydrogen) atoms. The summed E-state index contributed by atoms with van der Waals surface area (Å²) in [5.74, 6) is -0.538. The Kier molecular flexibility index (Phi) is 7.15. The van der Waals surface area contributed by atoms with Crippen molar-refractivity contribution in [3.8, 4) is 17.1 Å². The van der Waals surface area contributed by atoms with Crippen LogP contribution in [0.3, 0.4) is 0 Å². The average Bonchev–Trinajstić information content (AvgIpc) is 2.96. The zero-order chi connectivity index (χ0) is 28.3. The molecule has 0 atom stereocenters. The maximum Gasteiger partial charge on any atom is 0.416 e. The Morgan fingerprint density at radius 2 is 1.70 bits per heavy atom. The topological polar surface area (TPSA) is 93.8 Å². The highest BCUT2D eigenvalue weighted by Crippen LogP contribution is 2.32. The van der Waals surface area contributed by atoms with Gasteiger partial charge in [-0.3, -0.25) is 4.79 Å². The van der Waals surface area contributed by atoms with Crippen LogP contribution in [-0.2, 0) is 12.8 Å². The summed E-state index contributed by atoms with van der Waals surface area (Å²) in [6.45, 7) is 0.160. The van der Waals surface area contributed by atoms with E-state index in [9.17, 15) is 22.8 Å². The molecule has 1 aromatic heterocycles. The fourth-order valence-corrected chi connectivity index (χ4v) is 3.99. The van der Waals surface area contributed by atoms with Gasteiger partial charge in [-0.05, 0) is 71.8 Å². The van der Waals surface area contributed by atoms with Crippen LogP contribution < -0.4 is 10.3 Å². The molecule has 0 radical (unpaired) electrons. The van der Waals surface area contributed by atoms with Crippen molar-refractivity contribution in [1.29, 1.82) is 0 Å². The molecule has 0 amide bonds. The van der Waals surface area contributed by atoms with Crippen LogP contribution in [0.2, 0.25) is 0 Å². The smallest absolute Gasteiger partial charge is 0.416 e. The monoisotopic (exact) mass is 543 g/mol. The zero-order valence-electron chi connectivity index (χ0n) is 20.7. The van der Waals surface area contributed by atoms with Gasteiger partial charge in [0.25, 0.3) is 5.56 Å². The third kappa shape index (κ3) is 5.75. The fourth-order valence-electron chi connectivity index (χ4n) is 3.99. The van der Waals surface area contributed by atoms with Crippen molar-refractivity contribution in [1.82, 2.24) is 9.66 Å². The second-order valence-corrected chi connectivity index (χ2v) is 8.76. The van der Waals surface area contributed by atoms with Crippen LogP contribution in [0.1, 0.15) is 27.0 Å². The number of rotatable bonds is 7. The highest BCUT2D eigenvalue weighted by atomic mass is 19.4. The lowest BCUT2D eigenvalue weighted by Gasteiger charge is -2.12. The Bertz CT molecular complexity index is 1800. The van der Waals surface area contributed by atoms with Crippen LogP contribution in [0.15, 0.2) is 107 Å². The first-order chi connectivity index (χ1) is 19.2. The number of halogens is 3. The third-order valence-corrected chi connectivity index (χ3v) is 5.98. The van der Waals surface area contributed by atoms with Crippen molar-refractivity contribution in [3.05, 3.63) is 130 Å². The molecular formula is C30H20F3N3O4. The summed E-state index contributed by atoms with van der Waals surface area (Å²) in [4.78, 5) is 28.9. The number of carbonyl (C=O) groups is 1. The molecule has 0 fully saturated rings. The Balaban J connectivity index is 1.44. The minimum Gasteiger partial charge on any atom is -0.489 e. The molecule has 0 aliphatic rings. The minimum absolute atomic E-state index is 0.0328. The van der Waals surface area contributed by atoms with Crippen molar-refractivity contribution in [2.75, 3.05) is 0 Å². The molecule has 1 heterocycles. The van der Waals surface area contributed by atoms with Gasteiger partial charge in [0.2, 0.25) is 0 Å². The van der Waals surface area contributed by atoms with Gasteiger partial charge in [0.15, 0.2) is 5.82 Å². The predicted molar refractivity (Wildman–Crippen MR) is 144 cm³/mol. The lowest BCUT2D eigenvalue weighted by Crippen LogP contribution is -2.20. The summed E-state index contributed by atoms with van der Waals surface area (Å²) in [6, 6.07) is 24.3. The lowest BCUT2D eigenvalue weighted by atomic mass is 10.1. The summed E-state index contributed by atoms with van der Waals surface area (Å²) in [6.07, 6.45) is -3.17. The summed E-state index contributed by atoms with van der Waals surface area (Å²) in [5.41, 5.74) is 0.472. The minimum atomic E-state index is -4.57. The van der Waals surface area contributed by atoms with Crippen molar-refractivity contribution in [2.45, 2.75) is 12.8 Å². The zero-order valence-corrected chi connectivity index (χ0v) is 20.7. The number of para-hydroxylation sites is 1. The van der Waals surface area contributed by atoms with Gasteiger partial charge < -0.3 is 9.84 Å². The Morgan fingerprint density at radius 3 is 2.45 bits per heavy atom. The van der Waals surface area contributed by atoms with E-state index in [1.165, 1.54) is 30.5 Å². The molecule has 10 heteroatoms. The van der Waals surface area contributed by atoms with Gasteiger partial charge in [0, 0.05) is 5.56 Å². The number of aromatic carboxylic acids is 1. The molecule has 200 valence electrons. The number of hydrogen-bond donors (Lipinski definition) is 1. The van der Waals surface area contributed by atoms with Crippen molar-refractivity contribution >= 4 is 23.1 Å². The molecule has 0 saturated carbocycles. The van der Waals surface area contributed by atoms with E-state index in [0.29, 0.717) is 22.4 Å². The Labute approximate surface area is 225 Å². The second-order valence-electron chi connectivity index (χ2n) is 8.76. The predicted octanol–water partition coefficient (Wildman–Crippen LogP) is 6.24. The van der Waals surface area contributed by atoms with E-state index < -0.39 is 23.3 Å². The van der Waals surface area contributed by atoms with Crippen molar-refractivity contribution in [2.24, 2.45) is 5.10 Å². The maximum absolute atomic E-state index is 13.4. The first-order valence-corrected chi connectivity index (χ1v) is 12.0. The molecule has 5 aromatic rings. The van der Waals surface area contributed by atoms with Crippen LogP contribution in [0.4, 0.5) is 13.2 Å². The van der Waals surface area contributed by atoms with E-state index >= 15 is 0 Å². The molecule has 0 aliphatic carbocycles. The highest BCUT2D eigenvalue weighted by molar-refractivity contribution is 5.87. The van der Waals surface area contributed by atoms with E-state index in [1.54, 1.807) is 60.7 Å². The number of alkyl halides is 3. The van der Waals surface area contributed by atoms with E-state index in [1.807, 2.05) is 0 Å². The molecule has 7 nitrogen and oxygen atoms in total. The van der Waals surface area contributed by atoms with Crippen molar-refractivity contribution in [3.63, 3.8) is 0 Å². The molecule has 1 N–H and O–H groups in total. The van der Waals surface area contributed by atoms with E-state index in [2.05, 4.69) is 10.1 Å². The number of carboxylic acid groups (broad SMARTS) is 1. The Hall–Kier alpha value is -5.25. The first-order valence-electron chi connectivity index (χ1n) is 12.0. The molecule has 0 unspecified atom stereocenters. The molecule has 0 bridgehead atoms. The van der Waals surface area contributed by atoms with Gasteiger partial charge in [0.1, 0.15) is 12.4 Å². The van der Waals surface area contributed by atoms with Crippen molar-refractivity contribution < 1.29 is 27.8 Å².